The maximum atomic E-state index is 11.9. The second-order valence-electron chi connectivity index (χ2n) is 5.85. The van der Waals surface area contributed by atoms with Gasteiger partial charge in [0.1, 0.15) is 5.75 Å². The van der Waals surface area contributed by atoms with E-state index in [1.54, 1.807) is 26.4 Å². The summed E-state index contributed by atoms with van der Waals surface area (Å²) in [6, 6.07) is 9.36. The summed E-state index contributed by atoms with van der Waals surface area (Å²) in [5.41, 5.74) is 6.38. The average molecular weight is 356 g/mol. The van der Waals surface area contributed by atoms with Gasteiger partial charge in [-0.1, -0.05) is 12.1 Å². The molecule has 0 radical (unpaired) electrons. The molecule has 0 atom stereocenters. The van der Waals surface area contributed by atoms with Gasteiger partial charge in [-0.25, -0.2) is 5.43 Å². The van der Waals surface area contributed by atoms with E-state index in [-0.39, 0.29) is 12.5 Å². The molecular weight excluding hydrogens is 332 g/mol. The largest absolute Gasteiger partial charge is 0.493 e. The minimum atomic E-state index is -0.331. The highest BCUT2D eigenvalue weighted by Gasteiger charge is 2.09. The van der Waals surface area contributed by atoms with Crippen molar-refractivity contribution in [2.24, 2.45) is 5.10 Å². The number of nitrogens with one attached hydrogen (secondary N) is 1. The van der Waals surface area contributed by atoms with Crippen LogP contribution in [-0.2, 0) is 4.79 Å². The summed E-state index contributed by atoms with van der Waals surface area (Å²) < 4.78 is 16.1. The van der Waals surface area contributed by atoms with Crippen molar-refractivity contribution >= 4 is 12.1 Å². The molecule has 0 aromatic heterocycles. The van der Waals surface area contributed by atoms with E-state index in [0.717, 1.165) is 28.0 Å². The Morgan fingerprint density at radius 3 is 2.42 bits per heavy atom. The standard InChI is InChI=1S/C20H24N2O4/c1-13-6-7-14(2)20(15(13)3)26-12-19(23)22-21-11-16-8-9-17(24-4)18(10-16)25-5/h6-11H,12H2,1-5H3,(H,22,23). The molecule has 138 valence electrons. The molecule has 0 saturated heterocycles. The number of carbonyl (C=O) groups excluding carboxylic acids is 1. The lowest BCUT2D eigenvalue weighted by molar-refractivity contribution is -0.123. The van der Waals surface area contributed by atoms with Crippen LogP contribution in [0.3, 0.4) is 0 Å². The van der Waals surface area contributed by atoms with Crippen molar-refractivity contribution in [2.45, 2.75) is 20.8 Å². The van der Waals surface area contributed by atoms with E-state index < -0.39 is 0 Å². The molecule has 0 spiro atoms. The molecule has 2 aromatic rings. The first kappa shape index (κ1) is 19.3. The van der Waals surface area contributed by atoms with Crippen molar-refractivity contribution in [1.82, 2.24) is 5.43 Å². The number of carbonyl (C=O) groups is 1. The zero-order valence-electron chi connectivity index (χ0n) is 15.8. The van der Waals surface area contributed by atoms with Gasteiger partial charge in [0.25, 0.3) is 5.91 Å². The monoisotopic (exact) mass is 356 g/mol. The predicted molar refractivity (Wildman–Crippen MR) is 101 cm³/mol. The van der Waals surface area contributed by atoms with E-state index in [9.17, 15) is 4.79 Å². The Balaban J connectivity index is 1.93. The number of amides is 1. The van der Waals surface area contributed by atoms with Gasteiger partial charge in [-0.3, -0.25) is 4.79 Å². The molecule has 0 fully saturated rings. The zero-order chi connectivity index (χ0) is 19.1. The summed E-state index contributed by atoms with van der Waals surface area (Å²) in [7, 11) is 3.14. The molecule has 6 nitrogen and oxygen atoms in total. The minimum absolute atomic E-state index is 0.103. The van der Waals surface area contributed by atoms with E-state index in [4.69, 9.17) is 14.2 Å². The Morgan fingerprint density at radius 1 is 1.04 bits per heavy atom. The second kappa shape index (κ2) is 8.89. The van der Waals surface area contributed by atoms with Gasteiger partial charge in [0.2, 0.25) is 0 Å². The molecule has 0 bridgehead atoms. The molecule has 6 heteroatoms. The van der Waals surface area contributed by atoms with Crippen LogP contribution in [0, 0.1) is 20.8 Å². The van der Waals surface area contributed by atoms with Gasteiger partial charge >= 0.3 is 0 Å². The molecule has 0 unspecified atom stereocenters. The van der Waals surface area contributed by atoms with Crippen LogP contribution in [-0.4, -0.2) is 32.9 Å². The summed E-state index contributed by atoms with van der Waals surface area (Å²) in [4.78, 5) is 11.9. The van der Waals surface area contributed by atoms with Gasteiger partial charge in [-0.2, -0.15) is 5.10 Å². The third kappa shape index (κ3) is 4.75. The molecule has 2 rings (SSSR count). The molecule has 2 aromatic carbocycles. The molecule has 1 N–H and O–H groups in total. The summed E-state index contributed by atoms with van der Waals surface area (Å²) in [5, 5.41) is 3.95. The third-order valence-corrected chi connectivity index (χ3v) is 4.03. The molecule has 1 amide bonds. The first-order chi connectivity index (χ1) is 12.5. The van der Waals surface area contributed by atoms with Crippen molar-refractivity contribution in [3.8, 4) is 17.2 Å². The summed E-state index contributed by atoms with van der Waals surface area (Å²) in [6.07, 6.45) is 1.53. The number of methoxy groups -OCH3 is 2. The Bertz CT molecular complexity index is 816. The van der Waals surface area contributed by atoms with E-state index >= 15 is 0 Å². The minimum Gasteiger partial charge on any atom is -0.493 e. The second-order valence-corrected chi connectivity index (χ2v) is 5.85. The number of nitrogens with zero attached hydrogens (tertiary/aromatic N) is 1. The number of hydrazone groups is 1. The van der Waals surface area contributed by atoms with Gasteiger partial charge in [0.15, 0.2) is 18.1 Å². The van der Waals surface area contributed by atoms with Crippen molar-refractivity contribution in [3.63, 3.8) is 0 Å². The van der Waals surface area contributed by atoms with E-state index in [2.05, 4.69) is 10.5 Å². The Morgan fingerprint density at radius 2 is 1.73 bits per heavy atom. The number of hydrogen-bond donors (Lipinski definition) is 1. The number of aryl methyl sites for hydroxylation is 2. The van der Waals surface area contributed by atoms with Crippen LogP contribution in [0.4, 0.5) is 0 Å². The summed E-state index contributed by atoms with van der Waals surface area (Å²) >= 11 is 0. The highest BCUT2D eigenvalue weighted by Crippen LogP contribution is 2.27. The average Bonchev–Trinajstić information content (AvgIpc) is 2.64. The van der Waals surface area contributed by atoms with Crippen molar-refractivity contribution in [1.29, 1.82) is 0 Å². The summed E-state index contributed by atoms with van der Waals surface area (Å²) in [5.74, 6) is 1.63. The zero-order valence-corrected chi connectivity index (χ0v) is 15.8. The smallest absolute Gasteiger partial charge is 0.277 e. The van der Waals surface area contributed by atoms with Gasteiger partial charge in [-0.15, -0.1) is 0 Å². The molecule has 0 aliphatic carbocycles. The van der Waals surface area contributed by atoms with E-state index in [0.29, 0.717) is 11.5 Å². The Kier molecular flexibility index (Phi) is 6.60. The number of ether oxygens (including phenoxy) is 3. The van der Waals surface area contributed by atoms with Gasteiger partial charge in [0.05, 0.1) is 20.4 Å². The van der Waals surface area contributed by atoms with Crippen LogP contribution in [0.5, 0.6) is 17.2 Å². The molecular formula is C20H24N2O4. The molecule has 26 heavy (non-hydrogen) atoms. The fourth-order valence-electron chi connectivity index (χ4n) is 2.43. The van der Waals surface area contributed by atoms with Crippen LogP contribution in [0.1, 0.15) is 22.3 Å². The van der Waals surface area contributed by atoms with Gasteiger partial charge in [0, 0.05) is 0 Å². The Hall–Kier alpha value is -3.02. The van der Waals surface area contributed by atoms with Gasteiger partial charge < -0.3 is 14.2 Å². The fourth-order valence-corrected chi connectivity index (χ4v) is 2.43. The summed E-state index contributed by atoms with van der Waals surface area (Å²) in [6.45, 7) is 5.84. The fraction of sp³-hybridized carbons (Fsp3) is 0.300. The quantitative estimate of drug-likeness (QED) is 0.611. The molecule has 0 saturated carbocycles. The molecule has 0 aliphatic heterocycles. The maximum absolute atomic E-state index is 11.9. The lowest BCUT2D eigenvalue weighted by atomic mass is 10.1. The number of rotatable bonds is 7. The first-order valence-electron chi connectivity index (χ1n) is 8.19. The van der Waals surface area contributed by atoms with Crippen LogP contribution in [0.2, 0.25) is 0 Å². The first-order valence-corrected chi connectivity index (χ1v) is 8.19. The third-order valence-electron chi connectivity index (χ3n) is 4.03. The van der Waals surface area contributed by atoms with Crippen molar-refractivity contribution in [3.05, 3.63) is 52.6 Å². The predicted octanol–water partition coefficient (Wildman–Crippen LogP) is 3.16. The SMILES string of the molecule is COc1ccc(C=NNC(=O)COc2c(C)ccc(C)c2C)cc1OC. The van der Waals surface area contributed by atoms with Crippen LogP contribution < -0.4 is 19.6 Å². The highest BCUT2D eigenvalue weighted by molar-refractivity contribution is 5.83. The Labute approximate surface area is 153 Å². The van der Waals surface area contributed by atoms with E-state index in [1.165, 1.54) is 6.21 Å². The lowest BCUT2D eigenvalue weighted by Gasteiger charge is -2.13. The van der Waals surface area contributed by atoms with Crippen molar-refractivity contribution < 1.29 is 19.0 Å². The molecule has 0 heterocycles. The van der Waals surface area contributed by atoms with Crippen LogP contribution >= 0.6 is 0 Å². The highest BCUT2D eigenvalue weighted by atomic mass is 16.5. The lowest BCUT2D eigenvalue weighted by Crippen LogP contribution is -2.25. The normalized spacial score (nSPS) is 10.7. The number of hydrogen-bond acceptors (Lipinski definition) is 5. The van der Waals surface area contributed by atoms with Crippen LogP contribution in [0.15, 0.2) is 35.4 Å². The topological polar surface area (TPSA) is 69.2 Å². The molecule has 0 aliphatic rings. The van der Waals surface area contributed by atoms with Crippen molar-refractivity contribution in [2.75, 3.05) is 20.8 Å². The number of benzene rings is 2. The van der Waals surface area contributed by atoms with Gasteiger partial charge in [-0.05, 0) is 61.2 Å². The maximum Gasteiger partial charge on any atom is 0.277 e. The van der Waals surface area contributed by atoms with E-state index in [1.807, 2.05) is 39.0 Å². The van der Waals surface area contributed by atoms with Crippen LogP contribution in [0.25, 0.3) is 0 Å².